The van der Waals surface area contributed by atoms with Gasteiger partial charge in [0.25, 0.3) is 5.91 Å². The zero-order valence-electron chi connectivity index (χ0n) is 17.4. The number of carboxylic acids is 1. The van der Waals surface area contributed by atoms with Crippen LogP contribution in [0.5, 0.6) is 5.75 Å². The summed E-state index contributed by atoms with van der Waals surface area (Å²) in [7, 11) is 0. The third kappa shape index (κ3) is 6.30. The van der Waals surface area contributed by atoms with Gasteiger partial charge in [-0.25, -0.2) is 5.43 Å². The van der Waals surface area contributed by atoms with Crippen molar-refractivity contribution in [1.82, 2.24) is 5.43 Å². The molecule has 0 saturated carbocycles. The third-order valence-corrected chi connectivity index (χ3v) is 4.62. The van der Waals surface area contributed by atoms with Gasteiger partial charge >= 0.3 is 5.97 Å². The highest BCUT2D eigenvalue weighted by atomic mass is 16.5. The number of ether oxygens (including phenoxy) is 1. The summed E-state index contributed by atoms with van der Waals surface area (Å²) in [5.74, 6) is 0.495. The van der Waals surface area contributed by atoms with Crippen LogP contribution in [0.1, 0.15) is 30.4 Å². The number of carbonyl (C=O) groups excluding carboxylic acids is 1. The maximum absolute atomic E-state index is 12.1. The monoisotopic (exact) mass is 420 g/mol. The van der Waals surface area contributed by atoms with Crippen molar-refractivity contribution < 1.29 is 23.8 Å². The molecule has 31 heavy (non-hydrogen) atoms. The molecule has 2 N–H and O–H groups in total. The molecule has 0 spiro atoms. The Morgan fingerprint density at radius 2 is 1.74 bits per heavy atom. The van der Waals surface area contributed by atoms with Crippen LogP contribution in [0.3, 0.4) is 0 Å². The van der Waals surface area contributed by atoms with Crippen molar-refractivity contribution in [3.05, 3.63) is 77.7 Å². The van der Waals surface area contributed by atoms with Gasteiger partial charge in [0.2, 0.25) is 0 Å². The molecule has 0 atom stereocenters. The van der Waals surface area contributed by atoms with Gasteiger partial charge in [-0.1, -0.05) is 42.5 Å². The van der Waals surface area contributed by atoms with Crippen molar-refractivity contribution in [3.8, 4) is 16.9 Å². The predicted octanol–water partition coefficient (Wildman–Crippen LogP) is 4.19. The zero-order chi connectivity index (χ0) is 22.2. The Bertz CT molecular complexity index is 1070. The van der Waals surface area contributed by atoms with Crippen LogP contribution >= 0.6 is 0 Å². The lowest BCUT2D eigenvalue weighted by Crippen LogP contribution is -2.25. The van der Waals surface area contributed by atoms with Crippen LogP contribution < -0.4 is 10.2 Å². The molecule has 0 fully saturated rings. The van der Waals surface area contributed by atoms with E-state index in [1.54, 1.807) is 19.9 Å². The molecular formula is C24H24N2O5. The topological polar surface area (TPSA) is 101 Å². The van der Waals surface area contributed by atoms with Crippen LogP contribution in [-0.4, -0.2) is 29.3 Å². The summed E-state index contributed by atoms with van der Waals surface area (Å²) in [5, 5.41) is 12.9. The van der Waals surface area contributed by atoms with Gasteiger partial charge in [-0.3, -0.25) is 9.59 Å². The largest absolute Gasteiger partial charge is 0.484 e. The van der Waals surface area contributed by atoms with Crippen molar-refractivity contribution in [3.63, 3.8) is 0 Å². The van der Waals surface area contributed by atoms with Crippen LogP contribution in [-0.2, 0) is 16.0 Å². The molecular weight excluding hydrogens is 396 g/mol. The van der Waals surface area contributed by atoms with Crippen molar-refractivity contribution in [2.45, 2.75) is 26.7 Å². The summed E-state index contributed by atoms with van der Waals surface area (Å²) in [6.45, 7) is 3.33. The Morgan fingerprint density at radius 3 is 2.42 bits per heavy atom. The number of amides is 1. The number of rotatable bonds is 9. The fraction of sp³-hybridized carbons (Fsp3) is 0.208. The summed E-state index contributed by atoms with van der Waals surface area (Å²) >= 11 is 0. The van der Waals surface area contributed by atoms with Crippen LogP contribution in [0.25, 0.3) is 11.1 Å². The minimum Gasteiger partial charge on any atom is -0.484 e. The number of carbonyl (C=O) groups is 2. The van der Waals surface area contributed by atoms with Crippen molar-refractivity contribution in [2.75, 3.05) is 6.61 Å². The van der Waals surface area contributed by atoms with Crippen molar-refractivity contribution in [1.29, 1.82) is 0 Å². The van der Waals surface area contributed by atoms with Crippen LogP contribution in [0.2, 0.25) is 0 Å². The lowest BCUT2D eigenvalue weighted by molar-refractivity contribution is -0.137. The maximum atomic E-state index is 12.1. The number of nitrogens with one attached hydrogen (secondary N) is 1. The first-order chi connectivity index (χ1) is 14.9. The molecule has 7 nitrogen and oxygen atoms in total. The Balaban J connectivity index is 1.51. The number of furan rings is 1. The lowest BCUT2D eigenvalue weighted by atomic mass is 10.1. The molecule has 160 valence electrons. The summed E-state index contributed by atoms with van der Waals surface area (Å²) in [5.41, 5.74) is 5.92. The van der Waals surface area contributed by atoms with E-state index in [-0.39, 0.29) is 13.0 Å². The van der Waals surface area contributed by atoms with E-state index in [1.807, 2.05) is 54.6 Å². The lowest BCUT2D eigenvalue weighted by Gasteiger charge is -2.07. The number of nitrogens with zero attached hydrogens (tertiary/aromatic N) is 1. The smallest absolute Gasteiger partial charge is 0.303 e. The van der Waals surface area contributed by atoms with Gasteiger partial charge in [0.05, 0.1) is 12.1 Å². The van der Waals surface area contributed by atoms with Gasteiger partial charge in [0.1, 0.15) is 17.3 Å². The van der Waals surface area contributed by atoms with E-state index in [1.165, 1.54) is 0 Å². The predicted molar refractivity (Wildman–Crippen MR) is 117 cm³/mol. The first-order valence-electron chi connectivity index (χ1n) is 9.85. The molecule has 0 bridgehead atoms. The van der Waals surface area contributed by atoms with Crippen molar-refractivity contribution >= 4 is 17.6 Å². The minimum atomic E-state index is -0.886. The summed E-state index contributed by atoms with van der Waals surface area (Å²) in [6, 6.07) is 19.2. The first kappa shape index (κ1) is 21.8. The van der Waals surface area contributed by atoms with Crippen molar-refractivity contribution in [2.24, 2.45) is 5.10 Å². The summed E-state index contributed by atoms with van der Waals surface area (Å²) in [4.78, 5) is 22.8. The molecule has 1 amide bonds. The standard InChI is InChI=1S/C24H24N2O5/c1-16(22-14-21(31-17(22)2)12-13-24(28)29)25-26-23(27)15-30-20-10-8-19(9-11-20)18-6-4-3-5-7-18/h3-11,14H,12-13,15H2,1-2H3,(H,26,27)(H,28,29)/b25-16-. The number of benzene rings is 2. The Morgan fingerprint density at radius 1 is 1.06 bits per heavy atom. The van der Waals surface area contributed by atoms with Gasteiger partial charge in [0, 0.05) is 12.0 Å². The molecule has 1 heterocycles. The molecule has 0 saturated heterocycles. The molecule has 0 aliphatic rings. The summed E-state index contributed by atoms with van der Waals surface area (Å²) < 4.78 is 11.1. The third-order valence-electron chi connectivity index (χ3n) is 4.62. The fourth-order valence-corrected chi connectivity index (χ4v) is 3.02. The number of aryl methyl sites for hydroxylation is 2. The number of hydrazone groups is 1. The van der Waals surface area contributed by atoms with E-state index in [9.17, 15) is 9.59 Å². The zero-order valence-corrected chi connectivity index (χ0v) is 17.4. The van der Waals surface area contributed by atoms with Gasteiger partial charge in [0.15, 0.2) is 6.61 Å². The number of aliphatic carboxylic acids is 1. The quantitative estimate of drug-likeness (QED) is 0.399. The fourth-order valence-electron chi connectivity index (χ4n) is 3.02. The highest BCUT2D eigenvalue weighted by molar-refractivity contribution is 6.00. The number of carboxylic acid groups (broad SMARTS) is 1. The van der Waals surface area contributed by atoms with Gasteiger partial charge in [-0.2, -0.15) is 5.10 Å². The van der Waals surface area contributed by atoms with Gasteiger partial charge in [-0.05, 0) is 43.2 Å². The average Bonchev–Trinajstić information content (AvgIpc) is 3.16. The van der Waals surface area contributed by atoms with Gasteiger partial charge in [-0.15, -0.1) is 0 Å². The Labute approximate surface area is 180 Å². The molecule has 7 heteroatoms. The molecule has 3 aromatic rings. The van der Waals surface area contributed by atoms with E-state index in [0.29, 0.717) is 29.4 Å². The number of hydrogen-bond acceptors (Lipinski definition) is 5. The van der Waals surface area contributed by atoms with E-state index in [2.05, 4.69) is 10.5 Å². The Hall–Kier alpha value is -3.87. The van der Waals surface area contributed by atoms with E-state index in [4.69, 9.17) is 14.3 Å². The van der Waals surface area contributed by atoms with E-state index in [0.717, 1.165) is 16.7 Å². The minimum absolute atomic E-state index is 0.0109. The Kier molecular flexibility index (Phi) is 7.22. The molecule has 1 aromatic heterocycles. The molecule has 0 aliphatic carbocycles. The molecule has 3 rings (SSSR count). The SMILES string of the molecule is C/C(=N/NC(=O)COc1ccc(-c2ccccc2)cc1)c1cc(CCC(=O)O)oc1C. The highest BCUT2D eigenvalue weighted by Crippen LogP contribution is 2.22. The molecule has 0 radical (unpaired) electrons. The average molecular weight is 420 g/mol. The number of hydrogen-bond donors (Lipinski definition) is 2. The van der Waals surface area contributed by atoms with Crippen LogP contribution in [0.4, 0.5) is 0 Å². The molecule has 0 aliphatic heterocycles. The first-order valence-corrected chi connectivity index (χ1v) is 9.85. The maximum Gasteiger partial charge on any atom is 0.303 e. The second kappa shape index (κ2) is 10.2. The van der Waals surface area contributed by atoms with Crippen LogP contribution in [0.15, 0.2) is 70.2 Å². The van der Waals surface area contributed by atoms with E-state index < -0.39 is 11.9 Å². The second-order valence-corrected chi connectivity index (χ2v) is 6.99. The van der Waals surface area contributed by atoms with Crippen LogP contribution in [0, 0.1) is 6.92 Å². The van der Waals surface area contributed by atoms with Gasteiger partial charge < -0.3 is 14.3 Å². The second-order valence-electron chi connectivity index (χ2n) is 6.99. The molecule has 2 aromatic carbocycles. The molecule has 0 unspecified atom stereocenters. The van der Waals surface area contributed by atoms with E-state index >= 15 is 0 Å². The summed E-state index contributed by atoms with van der Waals surface area (Å²) in [6.07, 6.45) is 0.287. The highest BCUT2D eigenvalue weighted by Gasteiger charge is 2.12. The normalized spacial score (nSPS) is 11.2.